The van der Waals surface area contributed by atoms with Crippen LogP contribution >= 0.6 is 12.2 Å². The van der Waals surface area contributed by atoms with Crippen LogP contribution in [0.2, 0.25) is 0 Å². The van der Waals surface area contributed by atoms with Crippen molar-refractivity contribution in [3.63, 3.8) is 0 Å². The summed E-state index contributed by atoms with van der Waals surface area (Å²) in [6.45, 7) is 6.49. The monoisotopic (exact) mass is 142 g/mol. The van der Waals surface area contributed by atoms with Gasteiger partial charge >= 0.3 is 5.97 Å². The highest BCUT2D eigenvalue weighted by atomic mass is 32.1. The zero-order valence-electron chi connectivity index (χ0n) is 4.79. The molecular formula is C6H6O2S. The average molecular weight is 142 g/mol. The van der Waals surface area contributed by atoms with E-state index in [1.165, 1.54) is 0 Å². The van der Waals surface area contributed by atoms with Gasteiger partial charge in [-0.2, -0.15) is 0 Å². The predicted octanol–water partition coefficient (Wildman–Crippen LogP) is 1.23. The summed E-state index contributed by atoms with van der Waals surface area (Å²) in [5, 5.41) is 1.16. The number of ether oxygens (including phenoxy) is 1. The molecule has 0 saturated carbocycles. The summed E-state index contributed by atoms with van der Waals surface area (Å²) in [5.74, 6) is -0.556. The molecule has 0 atom stereocenters. The van der Waals surface area contributed by atoms with E-state index in [-0.39, 0.29) is 5.57 Å². The first-order chi connectivity index (χ1) is 4.22. The lowest BCUT2D eigenvalue weighted by molar-refractivity contribution is -0.132. The highest BCUT2D eigenvalue weighted by molar-refractivity contribution is 7.79. The Morgan fingerprint density at radius 1 is 1.67 bits per heavy atom. The molecule has 0 spiro atoms. The molecule has 0 amide bonds. The maximum atomic E-state index is 10.5. The molecule has 0 rings (SSSR count). The van der Waals surface area contributed by atoms with Crippen molar-refractivity contribution >= 4 is 23.6 Å². The predicted molar refractivity (Wildman–Crippen MR) is 39.1 cm³/mol. The highest BCUT2D eigenvalue weighted by Crippen LogP contribution is 1.89. The minimum Gasteiger partial charge on any atom is -0.432 e. The maximum absolute atomic E-state index is 10.5. The van der Waals surface area contributed by atoms with Crippen LogP contribution in [0.25, 0.3) is 0 Å². The van der Waals surface area contributed by atoms with Crippen molar-refractivity contribution < 1.29 is 9.53 Å². The zero-order chi connectivity index (χ0) is 7.28. The highest BCUT2D eigenvalue weighted by Gasteiger charge is 2.00. The lowest BCUT2D eigenvalue weighted by atomic mass is 10.4. The van der Waals surface area contributed by atoms with E-state index in [1.54, 1.807) is 0 Å². The van der Waals surface area contributed by atoms with Crippen LogP contribution in [0.4, 0.5) is 0 Å². The number of carbonyl (C=O) groups is 1. The summed E-state index contributed by atoms with van der Waals surface area (Å²) >= 11 is 4.41. The molecule has 2 nitrogen and oxygen atoms in total. The lowest BCUT2D eigenvalue weighted by Gasteiger charge is -1.93. The SMILES string of the molecule is C=COC(=O)C(=C)C=S. The molecule has 0 saturated heterocycles. The maximum Gasteiger partial charge on any atom is 0.343 e. The van der Waals surface area contributed by atoms with Gasteiger partial charge in [-0.3, -0.25) is 0 Å². The molecular weight excluding hydrogens is 136 g/mol. The first-order valence-electron chi connectivity index (χ1n) is 2.18. The molecule has 48 valence electrons. The summed E-state index contributed by atoms with van der Waals surface area (Å²) in [7, 11) is 0. The molecule has 0 bridgehead atoms. The molecule has 0 aliphatic heterocycles. The Balaban J connectivity index is 3.87. The van der Waals surface area contributed by atoms with Gasteiger partial charge in [-0.05, 0) is 0 Å². The van der Waals surface area contributed by atoms with E-state index in [4.69, 9.17) is 0 Å². The molecule has 0 N–H and O–H groups in total. The van der Waals surface area contributed by atoms with Gasteiger partial charge in [0, 0.05) is 5.37 Å². The Bertz CT molecular complexity index is 160. The Morgan fingerprint density at radius 3 is 2.56 bits per heavy atom. The molecule has 0 unspecified atom stereocenters. The van der Waals surface area contributed by atoms with Gasteiger partial charge < -0.3 is 4.74 Å². The van der Waals surface area contributed by atoms with E-state index < -0.39 is 5.97 Å². The normalized spacial score (nSPS) is 7.56. The van der Waals surface area contributed by atoms with Crippen LogP contribution in [0.15, 0.2) is 25.0 Å². The van der Waals surface area contributed by atoms with Crippen LogP contribution in [0.1, 0.15) is 0 Å². The van der Waals surface area contributed by atoms with Crippen molar-refractivity contribution in [2.75, 3.05) is 0 Å². The Labute approximate surface area is 58.8 Å². The van der Waals surface area contributed by atoms with E-state index in [1.807, 2.05) is 0 Å². The van der Waals surface area contributed by atoms with Crippen LogP contribution < -0.4 is 0 Å². The van der Waals surface area contributed by atoms with Crippen LogP contribution in [0.3, 0.4) is 0 Å². The lowest BCUT2D eigenvalue weighted by Crippen LogP contribution is -2.02. The second-order valence-electron chi connectivity index (χ2n) is 1.22. The molecule has 0 aromatic carbocycles. The number of esters is 1. The molecule has 0 fully saturated rings. The van der Waals surface area contributed by atoms with Crippen molar-refractivity contribution in [1.29, 1.82) is 0 Å². The molecule has 3 heteroatoms. The van der Waals surface area contributed by atoms with Gasteiger partial charge in [0.15, 0.2) is 0 Å². The second kappa shape index (κ2) is 3.97. The van der Waals surface area contributed by atoms with Crippen molar-refractivity contribution in [1.82, 2.24) is 0 Å². The van der Waals surface area contributed by atoms with Crippen molar-refractivity contribution in [2.24, 2.45) is 0 Å². The van der Waals surface area contributed by atoms with Gasteiger partial charge in [-0.15, -0.1) is 0 Å². The zero-order valence-corrected chi connectivity index (χ0v) is 5.61. The summed E-state index contributed by atoms with van der Waals surface area (Å²) in [6.07, 6.45) is 1.03. The first kappa shape index (κ1) is 8.04. The number of hydrogen-bond donors (Lipinski definition) is 0. The van der Waals surface area contributed by atoms with Crippen LogP contribution in [-0.2, 0) is 9.53 Å². The topological polar surface area (TPSA) is 26.3 Å². The number of rotatable bonds is 3. The van der Waals surface area contributed by atoms with Crippen molar-refractivity contribution in [2.45, 2.75) is 0 Å². The van der Waals surface area contributed by atoms with Crippen molar-refractivity contribution in [3.8, 4) is 0 Å². The Morgan fingerprint density at radius 2 is 2.22 bits per heavy atom. The molecule has 0 aliphatic rings. The molecule has 0 aromatic rings. The molecule has 0 aromatic heterocycles. The van der Waals surface area contributed by atoms with Crippen LogP contribution in [-0.4, -0.2) is 11.3 Å². The Kier molecular flexibility index (Phi) is 3.55. The summed E-state index contributed by atoms with van der Waals surface area (Å²) < 4.78 is 4.32. The summed E-state index contributed by atoms with van der Waals surface area (Å²) in [4.78, 5) is 10.5. The number of thiocarbonyl (C=S) groups is 1. The van der Waals surface area contributed by atoms with E-state index in [0.717, 1.165) is 11.6 Å². The smallest absolute Gasteiger partial charge is 0.343 e. The Hall–Kier alpha value is -0.960. The van der Waals surface area contributed by atoms with Gasteiger partial charge in [-0.1, -0.05) is 25.4 Å². The molecule has 0 aliphatic carbocycles. The average Bonchev–Trinajstić information content (AvgIpc) is 1.87. The number of hydrogen-bond acceptors (Lipinski definition) is 3. The van der Waals surface area contributed by atoms with E-state index in [9.17, 15) is 4.79 Å². The third kappa shape index (κ3) is 2.77. The van der Waals surface area contributed by atoms with Gasteiger partial charge in [0.25, 0.3) is 0 Å². The number of carbonyl (C=O) groups excluding carboxylic acids is 1. The summed E-state index contributed by atoms with van der Waals surface area (Å²) in [5.41, 5.74) is 0.157. The van der Waals surface area contributed by atoms with Gasteiger partial charge in [0.05, 0.1) is 11.8 Å². The summed E-state index contributed by atoms with van der Waals surface area (Å²) in [6, 6.07) is 0. The minimum absolute atomic E-state index is 0.157. The van der Waals surface area contributed by atoms with Gasteiger partial charge in [-0.25, -0.2) is 4.79 Å². The molecule has 9 heavy (non-hydrogen) atoms. The third-order valence-corrected chi connectivity index (χ3v) is 0.879. The van der Waals surface area contributed by atoms with E-state index in [0.29, 0.717) is 0 Å². The third-order valence-electron chi connectivity index (χ3n) is 0.595. The van der Waals surface area contributed by atoms with E-state index in [2.05, 4.69) is 30.1 Å². The van der Waals surface area contributed by atoms with E-state index >= 15 is 0 Å². The standard InChI is InChI=1S/C6H6O2S/c1-3-8-6(7)5(2)4-9/h3-4H,1-2H2. The molecule has 0 heterocycles. The van der Waals surface area contributed by atoms with Crippen LogP contribution in [0, 0.1) is 0 Å². The largest absolute Gasteiger partial charge is 0.432 e. The fourth-order valence-corrected chi connectivity index (χ4v) is 0.296. The molecule has 0 radical (unpaired) electrons. The van der Waals surface area contributed by atoms with Gasteiger partial charge in [0.1, 0.15) is 0 Å². The minimum atomic E-state index is -0.556. The fourth-order valence-electron chi connectivity index (χ4n) is 0.199. The second-order valence-corrected chi connectivity index (χ2v) is 1.45. The van der Waals surface area contributed by atoms with Crippen LogP contribution in [0.5, 0.6) is 0 Å². The van der Waals surface area contributed by atoms with Crippen molar-refractivity contribution in [3.05, 3.63) is 25.0 Å². The first-order valence-corrected chi connectivity index (χ1v) is 2.65. The quantitative estimate of drug-likeness (QED) is 0.256. The fraction of sp³-hybridized carbons (Fsp3) is 0. The van der Waals surface area contributed by atoms with Gasteiger partial charge in [0.2, 0.25) is 0 Å².